The number of nitrogens with two attached hydrogens (primary N) is 1. The van der Waals surface area contributed by atoms with Gasteiger partial charge in [-0.2, -0.15) is 0 Å². The highest BCUT2D eigenvalue weighted by Gasteiger charge is 2.19. The third-order valence-electron chi connectivity index (χ3n) is 3.27. The zero-order chi connectivity index (χ0) is 14.7. The minimum Gasteiger partial charge on any atom is -0.378 e. The fourth-order valence-corrected chi connectivity index (χ4v) is 2.20. The van der Waals surface area contributed by atoms with Crippen LogP contribution in [-0.2, 0) is 4.74 Å². The van der Waals surface area contributed by atoms with Gasteiger partial charge in [0.25, 0.3) is 11.8 Å². The number of rotatable bonds is 3. The van der Waals surface area contributed by atoms with Crippen molar-refractivity contribution in [3.63, 3.8) is 0 Å². The number of ether oxygens (including phenoxy) is 1. The average Bonchev–Trinajstić information content (AvgIpc) is 2.46. The van der Waals surface area contributed by atoms with E-state index in [0.717, 1.165) is 5.69 Å². The number of carbonyl (C=O) groups excluding carboxylic acids is 2. The van der Waals surface area contributed by atoms with Gasteiger partial charge in [-0.05, 0) is 18.2 Å². The normalized spacial score (nSPS) is 15.0. The van der Waals surface area contributed by atoms with Crippen molar-refractivity contribution in [2.24, 2.45) is 5.73 Å². The van der Waals surface area contributed by atoms with Crippen LogP contribution in [0.4, 0.5) is 5.69 Å². The third-order valence-corrected chi connectivity index (χ3v) is 3.27. The molecule has 1 aliphatic heterocycles. The first-order valence-corrected chi connectivity index (χ1v) is 6.49. The van der Waals surface area contributed by atoms with Crippen molar-refractivity contribution < 1.29 is 14.3 Å². The van der Waals surface area contributed by atoms with Crippen molar-refractivity contribution in [2.45, 2.75) is 0 Å². The summed E-state index contributed by atoms with van der Waals surface area (Å²) in [5.74, 6) is -0.680. The quantitative estimate of drug-likeness (QED) is 0.863. The summed E-state index contributed by atoms with van der Waals surface area (Å²) in [7, 11) is 3.34. The molecule has 1 aliphatic rings. The number of nitrogens with zero attached hydrogens (tertiary/aromatic N) is 2. The molecule has 0 spiro atoms. The highest BCUT2D eigenvalue weighted by atomic mass is 16.5. The van der Waals surface area contributed by atoms with Crippen LogP contribution in [0.25, 0.3) is 0 Å². The van der Waals surface area contributed by atoms with Crippen molar-refractivity contribution in [2.75, 3.05) is 45.3 Å². The van der Waals surface area contributed by atoms with Gasteiger partial charge in [0.2, 0.25) is 0 Å². The van der Waals surface area contributed by atoms with E-state index in [2.05, 4.69) is 0 Å². The summed E-state index contributed by atoms with van der Waals surface area (Å²) in [6, 6.07) is 5.07. The third kappa shape index (κ3) is 2.91. The molecule has 108 valence electrons. The van der Waals surface area contributed by atoms with Crippen molar-refractivity contribution in [3.05, 3.63) is 29.3 Å². The molecule has 6 heteroatoms. The predicted octanol–water partition coefficient (Wildman–Crippen LogP) is 0.324. The molecular formula is C14H19N3O3. The number of primary amides is 1. The van der Waals surface area contributed by atoms with Crippen LogP contribution < -0.4 is 10.6 Å². The van der Waals surface area contributed by atoms with Gasteiger partial charge in [-0.15, -0.1) is 0 Å². The maximum atomic E-state index is 11.9. The van der Waals surface area contributed by atoms with Crippen LogP contribution >= 0.6 is 0 Å². The van der Waals surface area contributed by atoms with Crippen LogP contribution in [0.3, 0.4) is 0 Å². The van der Waals surface area contributed by atoms with Crippen LogP contribution in [0.2, 0.25) is 0 Å². The Morgan fingerprint density at radius 1 is 1.25 bits per heavy atom. The summed E-state index contributed by atoms with van der Waals surface area (Å²) < 4.78 is 5.30. The van der Waals surface area contributed by atoms with Gasteiger partial charge in [-0.1, -0.05) is 0 Å². The minimum atomic E-state index is -0.528. The Hall–Kier alpha value is -2.08. The molecule has 2 N–H and O–H groups in total. The van der Waals surface area contributed by atoms with Gasteiger partial charge in [0.05, 0.1) is 18.8 Å². The Morgan fingerprint density at radius 3 is 2.45 bits per heavy atom. The molecule has 1 aromatic carbocycles. The van der Waals surface area contributed by atoms with E-state index in [1.54, 1.807) is 32.3 Å². The zero-order valence-electron chi connectivity index (χ0n) is 11.8. The summed E-state index contributed by atoms with van der Waals surface area (Å²) in [5, 5.41) is 0. The summed E-state index contributed by atoms with van der Waals surface area (Å²) in [6.07, 6.45) is 0. The Labute approximate surface area is 118 Å². The maximum Gasteiger partial charge on any atom is 0.253 e. The minimum absolute atomic E-state index is 0.152. The van der Waals surface area contributed by atoms with E-state index in [1.807, 2.05) is 4.90 Å². The second-order valence-corrected chi connectivity index (χ2v) is 4.90. The first kappa shape index (κ1) is 14.3. The number of benzene rings is 1. The molecule has 2 amide bonds. The summed E-state index contributed by atoms with van der Waals surface area (Å²) in [5.41, 5.74) is 7.04. The zero-order valence-corrected chi connectivity index (χ0v) is 11.8. The van der Waals surface area contributed by atoms with Crippen LogP contribution in [0, 0.1) is 0 Å². The standard InChI is InChI=1S/C14H19N3O3/c1-16(2)14(19)10-3-4-12(11(9-10)13(15)18)17-5-7-20-8-6-17/h3-4,9H,5-8H2,1-2H3,(H2,15,18). The van der Waals surface area contributed by atoms with E-state index in [4.69, 9.17) is 10.5 Å². The topological polar surface area (TPSA) is 75.9 Å². The van der Waals surface area contributed by atoms with E-state index < -0.39 is 5.91 Å². The van der Waals surface area contributed by atoms with Gasteiger partial charge in [0.15, 0.2) is 0 Å². The lowest BCUT2D eigenvalue weighted by atomic mass is 10.1. The van der Waals surface area contributed by atoms with Crippen LogP contribution in [-0.4, -0.2) is 57.1 Å². The second-order valence-electron chi connectivity index (χ2n) is 4.90. The molecule has 0 saturated carbocycles. The SMILES string of the molecule is CN(C)C(=O)c1ccc(N2CCOCC2)c(C(N)=O)c1. The Morgan fingerprint density at radius 2 is 1.90 bits per heavy atom. The second kappa shape index (κ2) is 5.92. The smallest absolute Gasteiger partial charge is 0.253 e. The molecule has 1 aromatic rings. The van der Waals surface area contributed by atoms with E-state index >= 15 is 0 Å². The van der Waals surface area contributed by atoms with E-state index in [9.17, 15) is 9.59 Å². The van der Waals surface area contributed by atoms with E-state index in [-0.39, 0.29) is 5.91 Å². The van der Waals surface area contributed by atoms with Crippen LogP contribution in [0.5, 0.6) is 0 Å². The van der Waals surface area contributed by atoms with E-state index in [0.29, 0.717) is 37.4 Å². The van der Waals surface area contributed by atoms with Gasteiger partial charge < -0.3 is 20.3 Å². The Balaban J connectivity index is 2.37. The number of anilines is 1. The van der Waals surface area contributed by atoms with Crippen molar-refractivity contribution in [1.82, 2.24) is 4.90 Å². The monoisotopic (exact) mass is 277 g/mol. The lowest BCUT2D eigenvalue weighted by Crippen LogP contribution is -2.37. The van der Waals surface area contributed by atoms with Gasteiger partial charge >= 0.3 is 0 Å². The van der Waals surface area contributed by atoms with E-state index in [1.165, 1.54) is 4.90 Å². The molecule has 0 aromatic heterocycles. The number of carbonyl (C=O) groups is 2. The van der Waals surface area contributed by atoms with Gasteiger partial charge in [-0.25, -0.2) is 0 Å². The largest absolute Gasteiger partial charge is 0.378 e. The predicted molar refractivity (Wildman–Crippen MR) is 76.0 cm³/mol. The number of morpholine rings is 1. The highest BCUT2D eigenvalue weighted by Crippen LogP contribution is 2.23. The summed E-state index contributed by atoms with van der Waals surface area (Å²) in [6.45, 7) is 2.66. The van der Waals surface area contributed by atoms with Crippen molar-refractivity contribution in [3.8, 4) is 0 Å². The Kier molecular flexibility index (Phi) is 4.24. The highest BCUT2D eigenvalue weighted by molar-refractivity contribution is 6.02. The Bertz CT molecular complexity index is 522. The number of hydrogen-bond donors (Lipinski definition) is 1. The molecular weight excluding hydrogens is 258 g/mol. The molecule has 1 heterocycles. The molecule has 6 nitrogen and oxygen atoms in total. The fourth-order valence-electron chi connectivity index (χ4n) is 2.20. The molecule has 0 bridgehead atoms. The lowest BCUT2D eigenvalue weighted by Gasteiger charge is -2.30. The molecule has 0 aliphatic carbocycles. The van der Waals surface area contributed by atoms with Gasteiger partial charge in [-0.3, -0.25) is 9.59 Å². The van der Waals surface area contributed by atoms with Crippen LogP contribution in [0.1, 0.15) is 20.7 Å². The summed E-state index contributed by atoms with van der Waals surface area (Å²) >= 11 is 0. The average molecular weight is 277 g/mol. The summed E-state index contributed by atoms with van der Waals surface area (Å²) in [4.78, 5) is 27.1. The molecule has 1 fully saturated rings. The van der Waals surface area contributed by atoms with Gasteiger partial charge in [0, 0.05) is 38.4 Å². The van der Waals surface area contributed by atoms with Gasteiger partial charge in [0.1, 0.15) is 0 Å². The number of hydrogen-bond acceptors (Lipinski definition) is 4. The fraction of sp³-hybridized carbons (Fsp3) is 0.429. The number of amides is 2. The first-order valence-electron chi connectivity index (χ1n) is 6.49. The lowest BCUT2D eigenvalue weighted by molar-refractivity contribution is 0.0827. The first-order chi connectivity index (χ1) is 9.50. The molecule has 0 radical (unpaired) electrons. The molecule has 0 unspecified atom stereocenters. The van der Waals surface area contributed by atoms with Crippen molar-refractivity contribution >= 4 is 17.5 Å². The van der Waals surface area contributed by atoms with Crippen LogP contribution in [0.15, 0.2) is 18.2 Å². The maximum absolute atomic E-state index is 11.9. The molecule has 1 saturated heterocycles. The van der Waals surface area contributed by atoms with Crippen molar-refractivity contribution in [1.29, 1.82) is 0 Å². The molecule has 20 heavy (non-hydrogen) atoms. The molecule has 0 atom stereocenters. The molecule has 2 rings (SSSR count).